The predicted molar refractivity (Wildman–Crippen MR) is 61.7 cm³/mol. The number of alkyl halides is 4. The molecule has 2 heterocycles. The lowest BCUT2D eigenvalue weighted by atomic mass is 10.4. The highest BCUT2D eigenvalue weighted by molar-refractivity contribution is 9.09. The number of amides is 1. The van der Waals surface area contributed by atoms with Gasteiger partial charge in [0.1, 0.15) is 5.15 Å². The molecule has 4 nitrogen and oxygen atoms in total. The average Bonchev–Trinajstić information content (AvgIpc) is 2.55. The van der Waals surface area contributed by atoms with Gasteiger partial charge in [0.05, 0.1) is 0 Å². The molecule has 18 heavy (non-hydrogen) atoms. The fraction of sp³-hybridized carbons (Fsp3) is 0.444. The highest BCUT2D eigenvalue weighted by atomic mass is 79.9. The molecule has 0 bridgehead atoms. The van der Waals surface area contributed by atoms with E-state index in [-0.39, 0.29) is 34.8 Å². The molecule has 1 atom stereocenters. The van der Waals surface area contributed by atoms with Crippen molar-refractivity contribution in [2.24, 2.45) is 0 Å². The third kappa shape index (κ3) is 2.74. The van der Waals surface area contributed by atoms with Crippen LogP contribution in [0.5, 0.6) is 0 Å². The molecule has 1 saturated heterocycles. The molecule has 1 aromatic rings. The van der Waals surface area contributed by atoms with E-state index in [1.807, 2.05) is 0 Å². The van der Waals surface area contributed by atoms with Crippen LogP contribution in [0.3, 0.4) is 0 Å². The molecule has 2 rings (SSSR count). The number of anilines is 1. The first-order valence-electron chi connectivity index (χ1n) is 4.83. The van der Waals surface area contributed by atoms with Crippen molar-refractivity contribution >= 4 is 39.4 Å². The summed E-state index contributed by atoms with van der Waals surface area (Å²) in [6.45, 7) is 0.219. The molecule has 1 fully saturated rings. The highest BCUT2D eigenvalue weighted by Gasteiger charge is 2.36. The third-order valence-corrected chi connectivity index (χ3v) is 3.10. The van der Waals surface area contributed by atoms with Crippen LogP contribution in [0.15, 0.2) is 6.07 Å². The molecule has 0 aliphatic carbocycles. The second-order valence-electron chi connectivity index (χ2n) is 3.68. The summed E-state index contributed by atoms with van der Waals surface area (Å²) in [7, 11) is 0. The Kier molecular flexibility index (Phi) is 3.50. The van der Waals surface area contributed by atoms with E-state index in [0.717, 1.165) is 4.90 Å². The summed E-state index contributed by atoms with van der Waals surface area (Å²) in [5, 5.41) is -0.349. The van der Waals surface area contributed by atoms with Gasteiger partial charge in [0, 0.05) is 23.9 Å². The summed E-state index contributed by atoms with van der Waals surface area (Å²) in [6.07, 6.45) is -4.44. The van der Waals surface area contributed by atoms with Crippen molar-refractivity contribution in [3.05, 3.63) is 16.9 Å². The van der Waals surface area contributed by atoms with E-state index in [1.165, 1.54) is 0 Å². The van der Waals surface area contributed by atoms with Gasteiger partial charge in [-0.25, -0.2) is 9.97 Å². The van der Waals surface area contributed by atoms with E-state index in [9.17, 15) is 18.0 Å². The molecule has 0 aromatic carbocycles. The van der Waals surface area contributed by atoms with Crippen molar-refractivity contribution in [3.8, 4) is 0 Å². The first kappa shape index (κ1) is 13.5. The quantitative estimate of drug-likeness (QED) is 0.581. The van der Waals surface area contributed by atoms with E-state index in [0.29, 0.717) is 6.07 Å². The Labute approximate surface area is 113 Å². The minimum Gasteiger partial charge on any atom is -0.279 e. The van der Waals surface area contributed by atoms with Crippen LogP contribution in [0, 0.1) is 0 Å². The van der Waals surface area contributed by atoms with E-state index in [2.05, 4.69) is 25.9 Å². The second kappa shape index (κ2) is 4.65. The number of carbonyl (C=O) groups excluding carboxylic acids is 1. The van der Waals surface area contributed by atoms with Crippen molar-refractivity contribution in [2.45, 2.75) is 17.4 Å². The molecule has 1 aliphatic heterocycles. The maximum atomic E-state index is 12.5. The number of nitrogens with zero attached hydrogens (tertiary/aromatic N) is 3. The number of aromatic nitrogens is 2. The number of rotatable bonds is 1. The van der Waals surface area contributed by atoms with Gasteiger partial charge in [-0.15, -0.1) is 0 Å². The lowest BCUT2D eigenvalue weighted by Gasteiger charge is -2.15. The minimum absolute atomic E-state index is 0.123. The number of carbonyl (C=O) groups is 1. The average molecular weight is 345 g/mol. The molecule has 0 N–H and O–H groups in total. The summed E-state index contributed by atoms with van der Waals surface area (Å²) in [5.74, 6) is -0.658. The van der Waals surface area contributed by atoms with Gasteiger partial charge in [-0.3, -0.25) is 9.69 Å². The Hall–Kier alpha value is -0.890. The van der Waals surface area contributed by atoms with Crippen molar-refractivity contribution in [1.82, 2.24) is 9.97 Å². The van der Waals surface area contributed by atoms with Gasteiger partial charge in [0.2, 0.25) is 11.9 Å². The van der Waals surface area contributed by atoms with Crippen LogP contribution in [0.4, 0.5) is 19.1 Å². The first-order valence-corrected chi connectivity index (χ1v) is 6.13. The standard InChI is InChI=1S/C9H6BrClF3N3O/c10-4-1-7(18)17(3-4)8-15-5(9(12,13)14)2-6(11)16-8/h2,4H,1,3H2. The van der Waals surface area contributed by atoms with Crippen LogP contribution in [-0.4, -0.2) is 27.2 Å². The maximum absolute atomic E-state index is 12.5. The molecule has 0 spiro atoms. The minimum atomic E-state index is -4.63. The SMILES string of the molecule is O=C1CC(Br)CN1c1nc(Cl)cc(C(F)(F)F)n1. The Morgan fingerprint density at radius 1 is 1.44 bits per heavy atom. The fourth-order valence-corrected chi connectivity index (χ4v) is 2.27. The highest BCUT2D eigenvalue weighted by Crippen LogP contribution is 2.31. The van der Waals surface area contributed by atoms with E-state index in [4.69, 9.17) is 11.6 Å². The van der Waals surface area contributed by atoms with Crippen molar-refractivity contribution in [3.63, 3.8) is 0 Å². The van der Waals surface area contributed by atoms with E-state index < -0.39 is 11.9 Å². The molecule has 1 amide bonds. The summed E-state index contributed by atoms with van der Waals surface area (Å²) < 4.78 is 37.6. The molecule has 9 heteroatoms. The summed E-state index contributed by atoms with van der Waals surface area (Å²) in [6, 6.07) is 0.622. The maximum Gasteiger partial charge on any atom is 0.433 e. The van der Waals surface area contributed by atoms with Gasteiger partial charge in [0.25, 0.3) is 0 Å². The van der Waals surface area contributed by atoms with Gasteiger partial charge in [0.15, 0.2) is 5.69 Å². The Morgan fingerprint density at radius 3 is 2.61 bits per heavy atom. The molecule has 1 aromatic heterocycles. The lowest BCUT2D eigenvalue weighted by molar-refractivity contribution is -0.141. The topological polar surface area (TPSA) is 46.1 Å². The Morgan fingerprint density at radius 2 is 2.11 bits per heavy atom. The summed E-state index contributed by atoms with van der Waals surface area (Å²) >= 11 is 8.74. The van der Waals surface area contributed by atoms with Gasteiger partial charge >= 0.3 is 6.18 Å². The normalized spacial score (nSPS) is 20.6. The van der Waals surface area contributed by atoms with Crippen molar-refractivity contribution < 1.29 is 18.0 Å². The largest absolute Gasteiger partial charge is 0.433 e. The monoisotopic (exact) mass is 343 g/mol. The van der Waals surface area contributed by atoms with Gasteiger partial charge in [-0.05, 0) is 0 Å². The van der Waals surface area contributed by atoms with Gasteiger partial charge < -0.3 is 0 Å². The van der Waals surface area contributed by atoms with E-state index >= 15 is 0 Å². The molecular weight excluding hydrogens is 338 g/mol. The van der Waals surface area contributed by atoms with E-state index in [1.54, 1.807) is 0 Å². The Bertz CT molecular complexity index is 496. The number of hydrogen-bond acceptors (Lipinski definition) is 3. The van der Waals surface area contributed by atoms with Gasteiger partial charge in [-0.1, -0.05) is 27.5 Å². The zero-order chi connectivity index (χ0) is 13.5. The van der Waals surface area contributed by atoms with Crippen LogP contribution in [-0.2, 0) is 11.0 Å². The number of halogens is 5. The van der Waals surface area contributed by atoms with Crippen molar-refractivity contribution in [1.29, 1.82) is 0 Å². The van der Waals surface area contributed by atoms with Crippen LogP contribution < -0.4 is 4.90 Å². The smallest absolute Gasteiger partial charge is 0.279 e. The van der Waals surface area contributed by atoms with Crippen molar-refractivity contribution in [2.75, 3.05) is 11.4 Å². The van der Waals surface area contributed by atoms with Crippen LogP contribution >= 0.6 is 27.5 Å². The fourth-order valence-electron chi connectivity index (χ4n) is 1.53. The molecule has 0 saturated carbocycles. The van der Waals surface area contributed by atoms with Gasteiger partial charge in [-0.2, -0.15) is 13.2 Å². The molecule has 0 radical (unpaired) electrons. The zero-order valence-corrected chi connectivity index (χ0v) is 11.1. The van der Waals surface area contributed by atoms with Crippen LogP contribution in [0.2, 0.25) is 5.15 Å². The third-order valence-electron chi connectivity index (χ3n) is 2.29. The molecule has 1 unspecified atom stereocenters. The zero-order valence-electron chi connectivity index (χ0n) is 8.71. The van der Waals surface area contributed by atoms with Crippen LogP contribution in [0.1, 0.15) is 12.1 Å². The lowest BCUT2D eigenvalue weighted by Crippen LogP contribution is -2.27. The first-order chi connectivity index (χ1) is 8.27. The summed E-state index contributed by atoms with van der Waals surface area (Å²) in [5.41, 5.74) is -1.16. The molecular formula is C9H6BrClF3N3O. The molecule has 1 aliphatic rings. The summed E-state index contributed by atoms with van der Waals surface area (Å²) in [4.78, 5) is 19.5. The molecule has 98 valence electrons. The second-order valence-corrected chi connectivity index (χ2v) is 5.36. The Balaban J connectivity index is 2.40. The predicted octanol–water partition coefficient (Wildman–Crippen LogP) is 2.65. The number of hydrogen-bond donors (Lipinski definition) is 0. The van der Waals surface area contributed by atoms with Crippen LogP contribution in [0.25, 0.3) is 0 Å².